The SMILES string of the molecule is CCCCC/C=C\C/C=C\CCCCCCCC(=O)OCCCCCCCCCCCCCCCCCCCCC(=O)NC(CO)C(O)/C=C/CCCCCCCCCC. The molecule has 352 valence electrons. The maximum atomic E-state index is 12.4. The van der Waals surface area contributed by atoms with Gasteiger partial charge in [-0.25, -0.2) is 0 Å². The normalized spacial score (nSPS) is 12.9. The molecule has 0 radical (unpaired) electrons. The van der Waals surface area contributed by atoms with E-state index in [1.54, 1.807) is 6.08 Å². The average molecular weight is 844 g/mol. The summed E-state index contributed by atoms with van der Waals surface area (Å²) in [5.74, 6) is -0.0832. The molecule has 6 nitrogen and oxygen atoms in total. The predicted octanol–water partition coefficient (Wildman–Crippen LogP) is 15.7. The topological polar surface area (TPSA) is 95.9 Å². The number of unbranched alkanes of at least 4 members (excludes halogenated alkanes) is 33. The van der Waals surface area contributed by atoms with Crippen LogP contribution in [-0.4, -0.2) is 47.4 Å². The molecule has 0 heterocycles. The molecule has 1 amide bonds. The van der Waals surface area contributed by atoms with Crippen molar-refractivity contribution in [2.45, 2.75) is 283 Å². The van der Waals surface area contributed by atoms with Crippen LogP contribution in [0.5, 0.6) is 0 Å². The minimum Gasteiger partial charge on any atom is -0.466 e. The monoisotopic (exact) mass is 844 g/mol. The maximum absolute atomic E-state index is 12.4. The lowest BCUT2D eigenvalue weighted by molar-refractivity contribution is -0.143. The van der Waals surface area contributed by atoms with Crippen molar-refractivity contribution in [2.24, 2.45) is 0 Å². The second-order valence-corrected chi connectivity index (χ2v) is 17.9. The van der Waals surface area contributed by atoms with Crippen LogP contribution in [0.2, 0.25) is 0 Å². The number of nitrogens with one attached hydrogen (secondary N) is 1. The van der Waals surface area contributed by atoms with Gasteiger partial charge in [0.25, 0.3) is 0 Å². The van der Waals surface area contributed by atoms with Crippen LogP contribution in [-0.2, 0) is 14.3 Å². The van der Waals surface area contributed by atoms with Crippen LogP contribution in [0.25, 0.3) is 0 Å². The van der Waals surface area contributed by atoms with Gasteiger partial charge in [0.05, 0.1) is 25.4 Å². The fraction of sp³-hybridized carbons (Fsp3) is 0.852. The van der Waals surface area contributed by atoms with Gasteiger partial charge in [-0.1, -0.05) is 230 Å². The Morgan fingerprint density at radius 1 is 0.467 bits per heavy atom. The fourth-order valence-electron chi connectivity index (χ4n) is 7.84. The third-order valence-corrected chi connectivity index (χ3v) is 11.9. The zero-order chi connectivity index (χ0) is 43.7. The minimum atomic E-state index is -0.845. The van der Waals surface area contributed by atoms with Crippen LogP contribution >= 0.6 is 0 Å². The van der Waals surface area contributed by atoms with Gasteiger partial charge < -0.3 is 20.3 Å². The number of aliphatic hydroxyl groups is 2. The van der Waals surface area contributed by atoms with Crippen molar-refractivity contribution < 1.29 is 24.5 Å². The second-order valence-electron chi connectivity index (χ2n) is 17.9. The Morgan fingerprint density at radius 2 is 0.833 bits per heavy atom. The zero-order valence-corrected chi connectivity index (χ0v) is 39.9. The van der Waals surface area contributed by atoms with Crippen molar-refractivity contribution in [3.8, 4) is 0 Å². The number of rotatable bonds is 48. The highest BCUT2D eigenvalue weighted by molar-refractivity contribution is 5.76. The molecule has 0 aliphatic carbocycles. The van der Waals surface area contributed by atoms with Crippen LogP contribution in [0, 0.1) is 0 Å². The molecule has 0 aliphatic rings. The van der Waals surface area contributed by atoms with Crippen LogP contribution in [0.4, 0.5) is 0 Å². The number of aliphatic hydroxyl groups excluding tert-OH is 2. The summed E-state index contributed by atoms with van der Waals surface area (Å²) in [5.41, 5.74) is 0. The largest absolute Gasteiger partial charge is 0.466 e. The Labute approximate surface area is 373 Å². The first-order valence-corrected chi connectivity index (χ1v) is 26.3. The standard InChI is InChI=1S/C54H101NO5/c1-3-5-7-9-11-13-15-16-21-25-28-32-36-40-44-48-54(59)60-49-45-41-37-33-29-26-23-20-18-17-19-22-24-27-31-35-39-43-47-53(58)55-51(50-56)52(57)46-42-38-34-30-14-12-10-8-6-4-2/h11,13,16,21,42,46,51-52,56-57H,3-10,12,14-15,17-20,22-41,43-45,47-50H2,1-2H3,(H,55,58)/b13-11-,21-16-,46-42+. The highest BCUT2D eigenvalue weighted by Crippen LogP contribution is 2.16. The van der Waals surface area contributed by atoms with Crippen molar-refractivity contribution in [3.05, 3.63) is 36.5 Å². The summed E-state index contributed by atoms with van der Waals surface area (Å²) in [7, 11) is 0. The van der Waals surface area contributed by atoms with Crippen molar-refractivity contribution in [1.82, 2.24) is 5.32 Å². The third-order valence-electron chi connectivity index (χ3n) is 11.9. The second kappa shape index (κ2) is 49.7. The fourth-order valence-corrected chi connectivity index (χ4v) is 7.84. The zero-order valence-electron chi connectivity index (χ0n) is 39.9. The predicted molar refractivity (Wildman–Crippen MR) is 259 cm³/mol. The number of allylic oxidation sites excluding steroid dienone is 5. The number of esters is 1. The van der Waals surface area contributed by atoms with E-state index in [4.69, 9.17) is 4.74 Å². The van der Waals surface area contributed by atoms with Crippen LogP contribution in [0.1, 0.15) is 271 Å². The Bertz CT molecular complexity index is 977. The van der Waals surface area contributed by atoms with Crippen LogP contribution < -0.4 is 5.32 Å². The first-order chi connectivity index (χ1) is 29.5. The van der Waals surface area contributed by atoms with Gasteiger partial charge in [0, 0.05) is 12.8 Å². The van der Waals surface area contributed by atoms with E-state index in [-0.39, 0.29) is 18.5 Å². The third kappa shape index (κ3) is 45.6. The summed E-state index contributed by atoms with van der Waals surface area (Å²) in [6.45, 7) is 4.84. The van der Waals surface area contributed by atoms with E-state index in [1.807, 2.05) is 6.08 Å². The molecule has 0 saturated carbocycles. The number of hydrogen-bond donors (Lipinski definition) is 3. The minimum absolute atomic E-state index is 0.00828. The van der Waals surface area contributed by atoms with E-state index in [0.29, 0.717) is 19.4 Å². The molecule has 0 spiro atoms. The van der Waals surface area contributed by atoms with E-state index in [2.05, 4.69) is 43.5 Å². The average Bonchev–Trinajstić information content (AvgIpc) is 3.25. The molecular formula is C54H101NO5. The van der Waals surface area contributed by atoms with E-state index >= 15 is 0 Å². The molecule has 60 heavy (non-hydrogen) atoms. The lowest BCUT2D eigenvalue weighted by atomic mass is 10.0. The first kappa shape index (κ1) is 58.1. The quantitative estimate of drug-likeness (QED) is 0.0322. The van der Waals surface area contributed by atoms with Gasteiger partial charge in [-0.3, -0.25) is 9.59 Å². The molecule has 6 heteroatoms. The van der Waals surface area contributed by atoms with Crippen molar-refractivity contribution in [3.63, 3.8) is 0 Å². The Balaban J connectivity index is 3.42. The molecule has 0 aromatic carbocycles. The van der Waals surface area contributed by atoms with Gasteiger partial charge in [-0.2, -0.15) is 0 Å². The summed E-state index contributed by atoms with van der Waals surface area (Å²) in [4.78, 5) is 24.4. The molecule has 0 fully saturated rings. The first-order valence-electron chi connectivity index (χ1n) is 26.3. The highest BCUT2D eigenvalue weighted by Gasteiger charge is 2.18. The lowest BCUT2D eigenvalue weighted by Crippen LogP contribution is -2.45. The molecular weight excluding hydrogens is 743 g/mol. The summed E-state index contributed by atoms with van der Waals surface area (Å²) < 4.78 is 5.46. The lowest BCUT2D eigenvalue weighted by Gasteiger charge is -2.20. The highest BCUT2D eigenvalue weighted by atomic mass is 16.5. The number of carbonyl (C=O) groups is 2. The molecule has 2 unspecified atom stereocenters. The summed E-state index contributed by atoms with van der Waals surface area (Å²) in [6, 6.07) is -0.629. The van der Waals surface area contributed by atoms with Crippen molar-refractivity contribution >= 4 is 11.9 Å². The van der Waals surface area contributed by atoms with Gasteiger partial charge in [0.2, 0.25) is 5.91 Å². The molecule has 0 rings (SSSR count). The van der Waals surface area contributed by atoms with Crippen LogP contribution in [0.15, 0.2) is 36.5 Å². The summed E-state index contributed by atoms with van der Waals surface area (Å²) in [5, 5.41) is 22.9. The number of hydrogen-bond acceptors (Lipinski definition) is 5. The van der Waals surface area contributed by atoms with E-state index in [0.717, 1.165) is 51.4 Å². The molecule has 0 aliphatic heterocycles. The van der Waals surface area contributed by atoms with Crippen molar-refractivity contribution in [2.75, 3.05) is 13.2 Å². The number of carbonyl (C=O) groups excluding carboxylic acids is 2. The molecule has 0 aromatic heterocycles. The molecule has 0 saturated heterocycles. The molecule has 3 N–H and O–H groups in total. The van der Waals surface area contributed by atoms with Gasteiger partial charge >= 0.3 is 5.97 Å². The van der Waals surface area contributed by atoms with Crippen LogP contribution in [0.3, 0.4) is 0 Å². The Morgan fingerprint density at radius 3 is 1.30 bits per heavy atom. The smallest absolute Gasteiger partial charge is 0.305 e. The van der Waals surface area contributed by atoms with Gasteiger partial charge in [-0.05, 0) is 64.2 Å². The van der Waals surface area contributed by atoms with E-state index < -0.39 is 12.1 Å². The summed E-state index contributed by atoms with van der Waals surface area (Å²) in [6.07, 6.45) is 60.1. The molecule has 2 atom stereocenters. The Kier molecular flexibility index (Phi) is 48.1. The van der Waals surface area contributed by atoms with Gasteiger partial charge in [0.15, 0.2) is 0 Å². The Hall–Kier alpha value is -1.92. The van der Waals surface area contributed by atoms with E-state index in [9.17, 15) is 19.8 Å². The van der Waals surface area contributed by atoms with Gasteiger partial charge in [-0.15, -0.1) is 0 Å². The summed E-state index contributed by atoms with van der Waals surface area (Å²) >= 11 is 0. The number of ether oxygens (including phenoxy) is 1. The molecule has 0 bridgehead atoms. The van der Waals surface area contributed by atoms with E-state index in [1.165, 1.54) is 193 Å². The molecule has 0 aromatic rings. The van der Waals surface area contributed by atoms with Crippen molar-refractivity contribution in [1.29, 1.82) is 0 Å². The number of amides is 1. The maximum Gasteiger partial charge on any atom is 0.305 e. The van der Waals surface area contributed by atoms with Gasteiger partial charge in [0.1, 0.15) is 0 Å².